The molecule has 0 radical (unpaired) electrons. The van der Waals surface area contributed by atoms with E-state index in [0.717, 1.165) is 28.7 Å². The van der Waals surface area contributed by atoms with E-state index in [1.165, 1.54) is 4.90 Å². The lowest BCUT2D eigenvalue weighted by Crippen LogP contribution is -2.51. The smallest absolute Gasteiger partial charge is 0.407 e. The van der Waals surface area contributed by atoms with E-state index in [1.54, 1.807) is 0 Å². The number of carbonyl (C=O) groups is 3. The number of hydrogen-bond donors (Lipinski definition) is 2. The second-order valence-electron chi connectivity index (χ2n) is 9.12. The number of benzene rings is 2. The van der Waals surface area contributed by atoms with Crippen molar-refractivity contribution < 1.29 is 24.2 Å². The molecular weight excluding hydrogens is 446 g/mol. The highest BCUT2D eigenvalue weighted by Crippen LogP contribution is 2.44. The van der Waals surface area contributed by atoms with Gasteiger partial charge in [-0.2, -0.15) is 0 Å². The Labute approximate surface area is 206 Å². The van der Waals surface area contributed by atoms with E-state index >= 15 is 0 Å². The van der Waals surface area contributed by atoms with Gasteiger partial charge < -0.3 is 25.0 Å². The van der Waals surface area contributed by atoms with Gasteiger partial charge >= 0.3 is 12.1 Å². The Balaban J connectivity index is 1.68. The Kier molecular flexibility index (Phi) is 9.25. The lowest BCUT2D eigenvalue weighted by Gasteiger charge is -2.27. The summed E-state index contributed by atoms with van der Waals surface area (Å²) in [4.78, 5) is 40.5. The molecule has 0 aromatic heterocycles. The number of amides is 2. The molecule has 0 heterocycles. The summed E-state index contributed by atoms with van der Waals surface area (Å²) in [6.07, 6.45) is 1.29. The van der Waals surface area contributed by atoms with Crippen molar-refractivity contribution in [3.8, 4) is 11.1 Å². The van der Waals surface area contributed by atoms with Gasteiger partial charge in [-0.1, -0.05) is 68.3 Å². The summed E-state index contributed by atoms with van der Waals surface area (Å²) < 4.78 is 5.61. The fourth-order valence-corrected chi connectivity index (χ4v) is 4.42. The molecule has 2 aromatic carbocycles. The minimum atomic E-state index is -1.09. The molecule has 2 N–H and O–H groups in total. The summed E-state index contributed by atoms with van der Waals surface area (Å²) in [6.45, 7) is 2.50. The van der Waals surface area contributed by atoms with E-state index in [-0.39, 0.29) is 19.1 Å². The van der Waals surface area contributed by atoms with Gasteiger partial charge in [-0.25, -0.2) is 4.79 Å². The van der Waals surface area contributed by atoms with Crippen molar-refractivity contribution in [1.82, 2.24) is 15.1 Å². The number of ether oxygens (including phenoxy) is 1. The summed E-state index contributed by atoms with van der Waals surface area (Å²) in [6, 6.07) is 15.3. The molecule has 1 aliphatic carbocycles. The van der Waals surface area contributed by atoms with Crippen LogP contribution in [0.4, 0.5) is 4.79 Å². The molecule has 0 saturated heterocycles. The molecule has 8 heteroatoms. The quantitative estimate of drug-likeness (QED) is 0.481. The van der Waals surface area contributed by atoms with Gasteiger partial charge in [0.05, 0.1) is 0 Å². The van der Waals surface area contributed by atoms with Gasteiger partial charge in [-0.3, -0.25) is 9.59 Å². The maximum atomic E-state index is 13.2. The van der Waals surface area contributed by atoms with E-state index in [0.29, 0.717) is 19.4 Å². The molecule has 35 heavy (non-hydrogen) atoms. The molecule has 0 fully saturated rings. The van der Waals surface area contributed by atoms with E-state index in [9.17, 15) is 19.5 Å². The fraction of sp³-hybridized carbons (Fsp3) is 0.444. The van der Waals surface area contributed by atoms with Crippen LogP contribution < -0.4 is 5.32 Å². The van der Waals surface area contributed by atoms with Crippen molar-refractivity contribution in [1.29, 1.82) is 0 Å². The first kappa shape index (κ1) is 26.2. The molecule has 2 aromatic rings. The maximum absolute atomic E-state index is 13.2. The first-order chi connectivity index (χ1) is 16.8. The second kappa shape index (κ2) is 12.4. The zero-order valence-electron chi connectivity index (χ0n) is 20.7. The number of fused-ring (bicyclic) bond motifs is 3. The summed E-state index contributed by atoms with van der Waals surface area (Å²) in [5, 5.41) is 12.0. The highest BCUT2D eigenvalue weighted by molar-refractivity contribution is 5.88. The van der Waals surface area contributed by atoms with Gasteiger partial charge in [0.15, 0.2) is 0 Å². The summed E-state index contributed by atoms with van der Waals surface area (Å²) >= 11 is 0. The van der Waals surface area contributed by atoms with Gasteiger partial charge in [0.2, 0.25) is 5.91 Å². The molecule has 1 atom stereocenters. The SMILES string of the molecule is CCCC[C@H](NC(=O)OCC1c2ccccc2-c2ccccc21)C(=O)N(CCN(C)C)CC(=O)O. The van der Waals surface area contributed by atoms with Gasteiger partial charge in [0.1, 0.15) is 19.2 Å². The predicted molar refractivity (Wildman–Crippen MR) is 134 cm³/mol. The largest absolute Gasteiger partial charge is 0.480 e. The zero-order valence-corrected chi connectivity index (χ0v) is 20.7. The molecule has 1 aliphatic rings. The van der Waals surface area contributed by atoms with Crippen LogP contribution in [0.25, 0.3) is 11.1 Å². The topological polar surface area (TPSA) is 99.2 Å². The van der Waals surface area contributed by atoms with Crippen molar-refractivity contribution in [2.45, 2.75) is 38.1 Å². The van der Waals surface area contributed by atoms with Crippen LogP contribution in [0.1, 0.15) is 43.2 Å². The van der Waals surface area contributed by atoms with Gasteiger partial charge in [0.25, 0.3) is 0 Å². The van der Waals surface area contributed by atoms with Crippen molar-refractivity contribution >= 4 is 18.0 Å². The third-order valence-corrected chi connectivity index (χ3v) is 6.24. The molecule has 188 valence electrons. The highest BCUT2D eigenvalue weighted by Gasteiger charge is 2.31. The molecule has 3 rings (SSSR count). The van der Waals surface area contributed by atoms with Crippen LogP contribution in [-0.2, 0) is 14.3 Å². The normalized spacial score (nSPS) is 13.1. The maximum Gasteiger partial charge on any atom is 0.407 e. The molecule has 0 bridgehead atoms. The highest BCUT2D eigenvalue weighted by atomic mass is 16.5. The molecule has 0 unspecified atom stereocenters. The first-order valence-electron chi connectivity index (χ1n) is 12.1. The fourth-order valence-electron chi connectivity index (χ4n) is 4.42. The number of carboxylic acid groups (broad SMARTS) is 1. The molecule has 0 saturated carbocycles. The average Bonchev–Trinajstić information content (AvgIpc) is 3.16. The Bertz CT molecular complexity index is 993. The third-order valence-electron chi connectivity index (χ3n) is 6.24. The van der Waals surface area contributed by atoms with Crippen molar-refractivity contribution in [3.63, 3.8) is 0 Å². The number of unbranched alkanes of at least 4 members (excludes halogenated alkanes) is 1. The van der Waals surface area contributed by atoms with Crippen molar-refractivity contribution in [3.05, 3.63) is 59.7 Å². The number of alkyl carbamates (subject to hydrolysis) is 1. The molecule has 2 amide bonds. The van der Waals surface area contributed by atoms with Crippen molar-refractivity contribution in [2.75, 3.05) is 40.3 Å². The third kappa shape index (κ3) is 6.82. The van der Waals surface area contributed by atoms with E-state index in [4.69, 9.17) is 4.74 Å². The van der Waals surface area contributed by atoms with Crippen LogP contribution in [0.2, 0.25) is 0 Å². The first-order valence-corrected chi connectivity index (χ1v) is 12.1. The minimum Gasteiger partial charge on any atom is -0.480 e. The van der Waals surface area contributed by atoms with E-state index in [1.807, 2.05) is 62.3 Å². The molecule has 0 spiro atoms. The van der Waals surface area contributed by atoms with Gasteiger partial charge in [0, 0.05) is 19.0 Å². The lowest BCUT2D eigenvalue weighted by atomic mass is 9.98. The van der Waals surface area contributed by atoms with E-state index < -0.39 is 30.6 Å². The number of aliphatic carboxylic acids is 1. The van der Waals surface area contributed by atoms with Crippen LogP contribution in [-0.4, -0.2) is 79.3 Å². The van der Waals surface area contributed by atoms with Gasteiger partial charge in [-0.15, -0.1) is 0 Å². The Hall–Kier alpha value is -3.39. The molecular formula is C27H35N3O5. The average molecular weight is 482 g/mol. The minimum absolute atomic E-state index is 0.0819. The number of carboxylic acids is 1. The standard InChI is InChI=1S/C27H35N3O5/c1-4-5-14-24(26(33)30(17-25(31)32)16-15-29(2)3)28-27(34)35-18-23-21-12-8-6-10-19(21)20-11-7-9-13-22(20)23/h6-13,23-24H,4-5,14-18H2,1-3H3,(H,28,34)(H,31,32)/t24-/m0/s1. The van der Waals surface area contributed by atoms with Crippen molar-refractivity contribution in [2.24, 2.45) is 0 Å². The van der Waals surface area contributed by atoms with Crippen LogP contribution in [0.15, 0.2) is 48.5 Å². The summed E-state index contributed by atoms with van der Waals surface area (Å²) in [7, 11) is 3.71. The van der Waals surface area contributed by atoms with Crippen LogP contribution in [0.3, 0.4) is 0 Å². The second-order valence-corrected chi connectivity index (χ2v) is 9.12. The lowest BCUT2D eigenvalue weighted by molar-refractivity contribution is -0.145. The zero-order chi connectivity index (χ0) is 25.4. The summed E-state index contributed by atoms with van der Waals surface area (Å²) in [5.41, 5.74) is 4.49. The number of nitrogens with zero attached hydrogens (tertiary/aromatic N) is 2. The van der Waals surface area contributed by atoms with Crippen LogP contribution in [0.5, 0.6) is 0 Å². The molecule has 0 aliphatic heterocycles. The van der Waals surface area contributed by atoms with Crippen LogP contribution in [0, 0.1) is 0 Å². The number of nitrogens with one attached hydrogen (secondary N) is 1. The Morgan fingerprint density at radius 3 is 2.14 bits per heavy atom. The Morgan fingerprint density at radius 2 is 1.60 bits per heavy atom. The number of likely N-dealkylation sites (N-methyl/N-ethyl adjacent to an activating group) is 1. The Morgan fingerprint density at radius 1 is 1.00 bits per heavy atom. The number of hydrogen-bond acceptors (Lipinski definition) is 5. The number of rotatable bonds is 12. The predicted octanol–water partition coefficient (Wildman–Crippen LogP) is 3.56. The number of carbonyl (C=O) groups excluding carboxylic acids is 2. The monoisotopic (exact) mass is 481 g/mol. The molecule has 8 nitrogen and oxygen atoms in total. The van der Waals surface area contributed by atoms with Gasteiger partial charge in [-0.05, 0) is 42.8 Å². The van der Waals surface area contributed by atoms with Crippen LogP contribution >= 0.6 is 0 Å². The summed E-state index contributed by atoms with van der Waals surface area (Å²) in [5.74, 6) is -1.58. The van der Waals surface area contributed by atoms with E-state index in [2.05, 4.69) is 17.4 Å².